The number of hydrogen-bond donors (Lipinski definition) is 3. The second-order valence-corrected chi connectivity index (χ2v) is 8.63. The van der Waals surface area contributed by atoms with Crippen LogP contribution in [0.2, 0.25) is 0 Å². The number of aliphatic imine (C=N–C) groups is 1. The van der Waals surface area contributed by atoms with E-state index in [0.29, 0.717) is 30.5 Å². The van der Waals surface area contributed by atoms with Crippen LogP contribution in [0.25, 0.3) is 11.4 Å². The Hall–Kier alpha value is -3.67. The van der Waals surface area contributed by atoms with Gasteiger partial charge in [-0.05, 0) is 31.0 Å². The lowest BCUT2D eigenvalue weighted by Gasteiger charge is -2.45. The predicted molar refractivity (Wildman–Crippen MR) is 126 cm³/mol. The van der Waals surface area contributed by atoms with E-state index in [4.69, 9.17) is 5.73 Å². The molecular formula is C23H28F2N8O2. The minimum atomic E-state index is -2.95. The van der Waals surface area contributed by atoms with Crippen LogP contribution in [0.1, 0.15) is 30.3 Å². The van der Waals surface area contributed by atoms with Gasteiger partial charge in [-0.15, -0.1) is 0 Å². The number of H-pyrrole nitrogens is 1. The molecule has 0 atom stereocenters. The maximum Gasteiger partial charge on any atom is 0.279 e. The highest BCUT2D eigenvalue weighted by atomic mass is 19.3. The number of halogens is 2. The van der Waals surface area contributed by atoms with E-state index in [1.165, 1.54) is 12.3 Å². The normalized spacial score (nSPS) is 18.6. The van der Waals surface area contributed by atoms with Gasteiger partial charge in [0.15, 0.2) is 0 Å². The molecule has 2 aromatic heterocycles. The zero-order chi connectivity index (χ0) is 24.9. The van der Waals surface area contributed by atoms with Gasteiger partial charge >= 0.3 is 0 Å². The summed E-state index contributed by atoms with van der Waals surface area (Å²) in [6.45, 7) is 4.43. The summed E-state index contributed by atoms with van der Waals surface area (Å²) in [6, 6.07) is 6.80. The topological polar surface area (TPSA) is 133 Å². The lowest BCUT2D eigenvalue weighted by atomic mass is 9.97. The molecule has 0 bridgehead atoms. The van der Waals surface area contributed by atoms with Crippen molar-refractivity contribution >= 4 is 18.0 Å². The Balaban J connectivity index is 1.37. The Bertz CT molecular complexity index is 1100. The molecule has 0 aliphatic carbocycles. The molecule has 4 heterocycles. The highest BCUT2D eigenvalue weighted by Crippen LogP contribution is 2.23. The Morgan fingerprint density at radius 1 is 1.26 bits per heavy atom. The van der Waals surface area contributed by atoms with Crippen LogP contribution in [0, 0.1) is 0 Å². The Morgan fingerprint density at radius 3 is 2.63 bits per heavy atom. The molecule has 2 amide bonds. The number of carbonyl (C=O) groups excluding carboxylic acids is 2. The smallest absolute Gasteiger partial charge is 0.279 e. The number of nitrogens with one attached hydrogen (secondary N) is 2. The van der Waals surface area contributed by atoms with Gasteiger partial charge < -0.3 is 16.0 Å². The second kappa shape index (κ2) is 10.7. The third-order valence-corrected chi connectivity index (χ3v) is 6.28. The molecular weight excluding hydrogens is 458 g/mol. The van der Waals surface area contributed by atoms with Gasteiger partial charge in [-0.2, -0.15) is 5.10 Å². The first-order chi connectivity index (χ1) is 16.8. The van der Waals surface area contributed by atoms with Crippen molar-refractivity contribution in [3.8, 4) is 11.4 Å². The van der Waals surface area contributed by atoms with Crippen LogP contribution in [0.5, 0.6) is 0 Å². The summed E-state index contributed by atoms with van der Waals surface area (Å²) in [4.78, 5) is 37.0. The first-order valence-corrected chi connectivity index (χ1v) is 11.4. The molecule has 0 aromatic carbocycles. The van der Waals surface area contributed by atoms with E-state index < -0.39 is 18.0 Å². The van der Waals surface area contributed by atoms with E-state index >= 15 is 0 Å². The number of aromatic amines is 1. The van der Waals surface area contributed by atoms with Crippen molar-refractivity contribution in [1.82, 2.24) is 30.3 Å². The van der Waals surface area contributed by atoms with E-state index in [0.717, 1.165) is 25.9 Å². The average molecular weight is 487 g/mol. The molecule has 0 saturated carbocycles. The molecule has 2 aromatic rings. The average Bonchev–Trinajstić information content (AvgIpc) is 3.37. The summed E-state index contributed by atoms with van der Waals surface area (Å²) in [5, 5.41) is 9.04. The molecule has 2 fully saturated rings. The number of nitrogens with two attached hydrogens (primary N) is 1. The number of hydrogen-bond acceptors (Lipinski definition) is 7. The largest absolute Gasteiger partial charge is 0.396 e. The maximum atomic E-state index is 13.3. The number of aromatic nitrogens is 3. The standard InChI is InChI=1S/C23H28F2N8O2/c1-14(34)32-9-6-16(7-10-32)33-12-15(13-33)27-11-20(21(26)22(24)25)30-23(35)19-4-2-3-17(29-19)18-5-8-28-31-18/h2-5,8,11,15-16,22H,6-7,9-10,12-13,26H2,1H3,(H,28,31)(H,30,35). The van der Waals surface area contributed by atoms with E-state index in [2.05, 4.69) is 30.4 Å². The van der Waals surface area contributed by atoms with Gasteiger partial charge in [-0.25, -0.2) is 13.8 Å². The molecule has 2 aliphatic rings. The van der Waals surface area contributed by atoms with Crippen molar-refractivity contribution in [3.05, 3.63) is 47.6 Å². The molecule has 35 heavy (non-hydrogen) atoms. The number of allylic oxidation sites excluding steroid dienone is 2. The summed E-state index contributed by atoms with van der Waals surface area (Å²) in [5.41, 5.74) is 5.70. The number of piperidine rings is 1. The minimum absolute atomic E-state index is 0.0387. The molecule has 4 N–H and O–H groups in total. The van der Waals surface area contributed by atoms with Crippen molar-refractivity contribution in [2.24, 2.45) is 10.7 Å². The minimum Gasteiger partial charge on any atom is -0.396 e. The number of pyridine rings is 1. The van der Waals surface area contributed by atoms with Crippen molar-refractivity contribution in [2.75, 3.05) is 26.2 Å². The third-order valence-electron chi connectivity index (χ3n) is 6.28. The van der Waals surface area contributed by atoms with Crippen molar-refractivity contribution in [3.63, 3.8) is 0 Å². The summed E-state index contributed by atoms with van der Waals surface area (Å²) in [7, 11) is 0. The first kappa shape index (κ1) is 24.5. The second-order valence-electron chi connectivity index (χ2n) is 8.63. The first-order valence-electron chi connectivity index (χ1n) is 11.4. The molecule has 0 unspecified atom stereocenters. The molecule has 10 nitrogen and oxygen atoms in total. The van der Waals surface area contributed by atoms with Gasteiger partial charge in [0.1, 0.15) is 11.4 Å². The quantitative estimate of drug-likeness (QED) is 0.507. The number of likely N-dealkylation sites (tertiary alicyclic amines) is 2. The molecule has 2 saturated heterocycles. The van der Waals surface area contributed by atoms with Crippen molar-refractivity contribution in [2.45, 2.75) is 38.3 Å². The zero-order valence-electron chi connectivity index (χ0n) is 19.3. The van der Waals surface area contributed by atoms with Crippen LogP contribution in [-0.4, -0.2) is 87.7 Å². The van der Waals surface area contributed by atoms with Crippen LogP contribution in [0.4, 0.5) is 8.78 Å². The van der Waals surface area contributed by atoms with Crippen LogP contribution < -0.4 is 11.1 Å². The fourth-order valence-electron chi connectivity index (χ4n) is 4.20. The van der Waals surface area contributed by atoms with E-state index in [1.807, 2.05) is 4.90 Å². The van der Waals surface area contributed by atoms with Gasteiger partial charge in [0.05, 0.1) is 23.1 Å². The monoisotopic (exact) mass is 486 g/mol. The van der Waals surface area contributed by atoms with Gasteiger partial charge in [0, 0.05) is 51.6 Å². The zero-order valence-corrected chi connectivity index (χ0v) is 19.3. The van der Waals surface area contributed by atoms with Gasteiger partial charge in [0.25, 0.3) is 12.3 Å². The summed E-state index contributed by atoms with van der Waals surface area (Å²) in [6.07, 6.45) is 1.62. The van der Waals surface area contributed by atoms with Gasteiger partial charge in [-0.1, -0.05) is 6.07 Å². The summed E-state index contributed by atoms with van der Waals surface area (Å²) < 4.78 is 26.7. The third kappa shape index (κ3) is 5.88. The van der Waals surface area contributed by atoms with Gasteiger partial charge in [-0.3, -0.25) is 24.6 Å². The lowest BCUT2D eigenvalue weighted by Crippen LogP contribution is -2.57. The maximum absolute atomic E-state index is 13.3. The fraction of sp³-hybridized carbons (Fsp3) is 0.435. The molecule has 186 valence electrons. The molecule has 4 rings (SSSR count). The lowest BCUT2D eigenvalue weighted by molar-refractivity contribution is -0.130. The Morgan fingerprint density at radius 2 is 2.00 bits per heavy atom. The number of alkyl halides is 2. The van der Waals surface area contributed by atoms with Crippen LogP contribution in [0.3, 0.4) is 0 Å². The van der Waals surface area contributed by atoms with Crippen molar-refractivity contribution < 1.29 is 18.4 Å². The van der Waals surface area contributed by atoms with Gasteiger partial charge in [0.2, 0.25) is 5.91 Å². The summed E-state index contributed by atoms with van der Waals surface area (Å²) in [5.74, 6) is -0.584. The van der Waals surface area contributed by atoms with E-state index in [9.17, 15) is 18.4 Å². The number of carbonyl (C=O) groups is 2. The van der Waals surface area contributed by atoms with Crippen LogP contribution in [-0.2, 0) is 4.79 Å². The fourth-order valence-corrected chi connectivity index (χ4v) is 4.20. The number of amides is 2. The van der Waals surface area contributed by atoms with Crippen LogP contribution in [0.15, 0.2) is 46.8 Å². The molecule has 0 spiro atoms. The SMILES string of the molecule is CC(=O)N1CCC(N2CC(N=CC(NC(=O)c3cccc(-c4ccn[nH]4)n3)=C(N)C(F)F)C2)CC1. The molecule has 2 aliphatic heterocycles. The molecule has 0 radical (unpaired) electrons. The summed E-state index contributed by atoms with van der Waals surface area (Å²) >= 11 is 0. The molecule has 12 heteroatoms. The highest BCUT2D eigenvalue weighted by molar-refractivity contribution is 5.98. The Kier molecular flexibility index (Phi) is 7.49. The number of nitrogens with zero attached hydrogens (tertiary/aromatic N) is 5. The van der Waals surface area contributed by atoms with Crippen LogP contribution >= 0.6 is 0 Å². The van der Waals surface area contributed by atoms with E-state index in [-0.39, 0.29) is 23.3 Å². The Labute approximate surface area is 201 Å². The predicted octanol–water partition coefficient (Wildman–Crippen LogP) is 1.40. The van der Waals surface area contributed by atoms with E-state index in [1.54, 1.807) is 31.3 Å². The highest BCUT2D eigenvalue weighted by Gasteiger charge is 2.34. The number of rotatable bonds is 7. The van der Waals surface area contributed by atoms with Crippen molar-refractivity contribution in [1.29, 1.82) is 0 Å².